The van der Waals surface area contributed by atoms with E-state index in [-0.39, 0.29) is 6.09 Å². The fraction of sp³-hybridized carbons (Fsp3) is 0.682. The van der Waals surface area contributed by atoms with Gasteiger partial charge in [0.2, 0.25) is 0 Å². The van der Waals surface area contributed by atoms with Crippen molar-refractivity contribution >= 4 is 6.09 Å². The minimum atomic E-state index is -0.489. The van der Waals surface area contributed by atoms with Crippen LogP contribution in [0.1, 0.15) is 56.9 Å². The molecule has 1 amide bonds. The number of ether oxygens (including phenoxy) is 1. The van der Waals surface area contributed by atoms with E-state index in [1.54, 1.807) is 0 Å². The van der Waals surface area contributed by atoms with Crippen LogP contribution < -0.4 is 0 Å². The van der Waals surface area contributed by atoms with Gasteiger partial charge in [-0.2, -0.15) is 0 Å². The first-order valence-corrected chi connectivity index (χ1v) is 10.3. The van der Waals surface area contributed by atoms with Crippen LogP contribution in [0.25, 0.3) is 0 Å². The first kappa shape index (κ1) is 17.8. The normalized spacial score (nSPS) is 31.8. The molecule has 3 fully saturated rings. The molecular formula is C22H31NO3. The number of hydrogen-bond donors (Lipinski definition) is 1. The largest absolute Gasteiger partial charge is 0.445 e. The quantitative estimate of drug-likeness (QED) is 0.871. The van der Waals surface area contributed by atoms with Gasteiger partial charge in [0.1, 0.15) is 6.61 Å². The van der Waals surface area contributed by atoms with E-state index in [2.05, 4.69) is 0 Å². The number of amides is 1. The number of likely N-dealkylation sites (tertiary alicyclic amines) is 1. The highest BCUT2D eigenvalue weighted by molar-refractivity contribution is 5.68. The van der Waals surface area contributed by atoms with Crippen molar-refractivity contribution in [1.82, 2.24) is 4.90 Å². The second-order valence-corrected chi connectivity index (χ2v) is 8.81. The molecule has 0 spiro atoms. The van der Waals surface area contributed by atoms with Gasteiger partial charge in [-0.05, 0) is 42.6 Å². The lowest BCUT2D eigenvalue weighted by molar-refractivity contribution is 0.00544. The predicted molar refractivity (Wildman–Crippen MR) is 101 cm³/mol. The van der Waals surface area contributed by atoms with Crippen molar-refractivity contribution in [1.29, 1.82) is 0 Å². The fourth-order valence-corrected chi connectivity index (χ4v) is 5.52. The van der Waals surface area contributed by atoms with Gasteiger partial charge >= 0.3 is 6.09 Å². The Morgan fingerprint density at radius 2 is 1.73 bits per heavy atom. The molecule has 0 bridgehead atoms. The van der Waals surface area contributed by atoms with Crippen molar-refractivity contribution < 1.29 is 14.6 Å². The summed E-state index contributed by atoms with van der Waals surface area (Å²) in [4.78, 5) is 14.2. The molecule has 2 aliphatic carbocycles. The number of fused-ring (bicyclic) bond motifs is 1. The SMILES string of the molecule is O=C(OCc1ccccc1)N1C[C@@H]2CC(O)(CC3CCCCC3)C[C@@H]2C1. The number of carbonyl (C=O) groups excluding carboxylic acids is 1. The number of rotatable bonds is 4. The van der Waals surface area contributed by atoms with E-state index in [4.69, 9.17) is 4.74 Å². The molecule has 26 heavy (non-hydrogen) atoms. The Morgan fingerprint density at radius 3 is 2.38 bits per heavy atom. The Balaban J connectivity index is 1.25. The zero-order chi connectivity index (χ0) is 18.0. The molecule has 1 aromatic carbocycles. The summed E-state index contributed by atoms with van der Waals surface area (Å²) in [7, 11) is 0. The van der Waals surface area contributed by atoms with Crippen LogP contribution in [0.3, 0.4) is 0 Å². The minimum absolute atomic E-state index is 0.209. The molecule has 2 saturated carbocycles. The highest BCUT2D eigenvalue weighted by atomic mass is 16.6. The summed E-state index contributed by atoms with van der Waals surface area (Å²) in [6.45, 7) is 1.81. The summed E-state index contributed by atoms with van der Waals surface area (Å²) < 4.78 is 5.48. The van der Waals surface area contributed by atoms with E-state index in [1.807, 2.05) is 35.2 Å². The third-order valence-electron chi connectivity index (χ3n) is 6.72. The Hall–Kier alpha value is -1.55. The van der Waals surface area contributed by atoms with Gasteiger partial charge in [-0.3, -0.25) is 0 Å². The summed E-state index contributed by atoms with van der Waals surface area (Å²) in [5.74, 6) is 1.58. The van der Waals surface area contributed by atoms with Crippen molar-refractivity contribution in [3.63, 3.8) is 0 Å². The van der Waals surface area contributed by atoms with Gasteiger partial charge in [0.15, 0.2) is 0 Å². The van der Waals surface area contributed by atoms with E-state index < -0.39 is 5.60 Å². The lowest BCUT2D eigenvalue weighted by Gasteiger charge is -2.32. The second kappa shape index (κ2) is 7.59. The maximum Gasteiger partial charge on any atom is 0.410 e. The predicted octanol–water partition coefficient (Wildman–Crippen LogP) is 4.37. The number of aliphatic hydroxyl groups is 1. The minimum Gasteiger partial charge on any atom is -0.445 e. The lowest BCUT2D eigenvalue weighted by Crippen LogP contribution is -2.35. The highest BCUT2D eigenvalue weighted by Gasteiger charge is 2.49. The molecule has 1 heterocycles. The first-order chi connectivity index (χ1) is 12.6. The fourth-order valence-electron chi connectivity index (χ4n) is 5.52. The first-order valence-electron chi connectivity index (χ1n) is 10.3. The van der Waals surface area contributed by atoms with Crippen molar-refractivity contribution in [3.8, 4) is 0 Å². The van der Waals surface area contributed by atoms with Crippen LogP contribution in [0.5, 0.6) is 0 Å². The molecule has 3 atom stereocenters. The van der Waals surface area contributed by atoms with Gasteiger partial charge in [0, 0.05) is 13.1 Å². The topological polar surface area (TPSA) is 49.8 Å². The Kier molecular flexibility index (Phi) is 5.21. The molecule has 4 nitrogen and oxygen atoms in total. The summed E-state index contributed by atoms with van der Waals surface area (Å²) in [5, 5.41) is 11.1. The smallest absolute Gasteiger partial charge is 0.410 e. The van der Waals surface area contributed by atoms with Crippen LogP contribution in [0, 0.1) is 17.8 Å². The second-order valence-electron chi connectivity index (χ2n) is 8.81. The average molecular weight is 357 g/mol. The van der Waals surface area contributed by atoms with Gasteiger partial charge in [0.25, 0.3) is 0 Å². The Labute approximate surface area is 156 Å². The van der Waals surface area contributed by atoms with Crippen LogP contribution in [0.2, 0.25) is 0 Å². The maximum absolute atomic E-state index is 12.4. The molecule has 1 unspecified atom stereocenters. The van der Waals surface area contributed by atoms with Crippen molar-refractivity contribution in [2.24, 2.45) is 17.8 Å². The van der Waals surface area contributed by atoms with Gasteiger partial charge in [0.05, 0.1) is 5.60 Å². The number of nitrogens with zero attached hydrogens (tertiary/aromatic N) is 1. The van der Waals surface area contributed by atoms with Crippen LogP contribution in [-0.2, 0) is 11.3 Å². The number of benzene rings is 1. The molecular weight excluding hydrogens is 326 g/mol. The van der Waals surface area contributed by atoms with E-state index in [0.717, 1.165) is 37.9 Å². The van der Waals surface area contributed by atoms with Crippen molar-refractivity contribution in [2.75, 3.05) is 13.1 Å². The lowest BCUT2D eigenvalue weighted by atomic mass is 9.79. The summed E-state index contributed by atoms with van der Waals surface area (Å²) in [6, 6.07) is 9.81. The number of hydrogen-bond acceptors (Lipinski definition) is 3. The van der Waals surface area contributed by atoms with Gasteiger partial charge in [-0.15, -0.1) is 0 Å². The van der Waals surface area contributed by atoms with Gasteiger partial charge in [-0.1, -0.05) is 62.4 Å². The summed E-state index contributed by atoms with van der Waals surface area (Å²) in [6.07, 6.45) is 9.07. The third-order valence-corrected chi connectivity index (χ3v) is 6.72. The van der Waals surface area contributed by atoms with Crippen molar-refractivity contribution in [2.45, 2.75) is 63.6 Å². The average Bonchev–Trinajstić information content (AvgIpc) is 3.16. The molecule has 1 N–H and O–H groups in total. The van der Waals surface area contributed by atoms with E-state index in [9.17, 15) is 9.90 Å². The molecule has 0 radical (unpaired) electrons. The van der Waals surface area contributed by atoms with Crippen LogP contribution in [-0.4, -0.2) is 34.8 Å². The molecule has 4 heteroatoms. The molecule has 1 aliphatic heterocycles. The Morgan fingerprint density at radius 1 is 1.08 bits per heavy atom. The summed E-state index contributed by atoms with van der Waals surface area (Å²) in [5.41, 5.74) is 0.527. The molecule has 0 aromatic heterocycles. The molecule has 1 aromatic rings. The summed E-state index contributed by atoms with van der Waals surface area (Å²) >= 11 is 0. The van der Waals surface area contributed by atoms with Crippen LogP contribution >= 0.6 is 0 Å². The van der Waals surface area contributed by atoms with Crippen LogP contribution in [0.15, 0.2) is 30.3 Å². The van der Waals surface area contributed by atoms with Gasteiger partial charge < -0.3 is 14.7 Å². The molecule has 4 rings (SSSR count). The Bertz CT molecular complexity index is 597. The van der Waals surface area contributed by atoms with E-state index in [0.29, 0.717) is 24.4 Å². The van der Waals surface area contributed by atoms with Crippen LogP contribution in [0.4, 0.5) is 4.79 Å². The zero-order valence-electron chi connectivity index (χ0n) is 15.6. The molecule has 1 saturated heterocycles. The maximum atomic E-state index is 12.4. The van der Waals surface area contributed by atoms with E-state index in [1.165, 1.54) is 32.1 Å². The zero-order valence-corrected chi connectivity index (χ0v) is 15.6. The molecule has 3 aliphatic rings. The van der Waals surface area contributed by atoms with Gasteiger partial charge in [-0.25, -0.2) is 4.79 Å². The van der Waals surface area contributed by atoms with Crippen molar-refractivity contribution in [3.05, 3.63) is 35.9 Å². The molecule has 142 valence electrons. The number of carbonyl (C=O) groups is 1. The third kappa shape index (κ3) is 4.06. The van der Waals surface area contributed by atoms with E-state index >= 15 is 0 Å². The standard InChI is InChI=1S/C22H31NO3/c24-21(26-16-18-9-5-2-6-10-18)23-14-19-12-22(25,13-20(19)15-23)11-17-7-3-1-4-8-17/h2,5-6,9-10,17,19-20,25H,1,3-4,7-8,11-16H2/t19-,20+,22?. The monoisotopic (exact) mass is 357 g/mol. The highest BCUT2D eigenvalue weighted by Crippen LogP contribution is 2.48.